The molecular weight excluding hydrogens is 599 g/mol. The lowest BCUT2D eigenvalue weighted by Gasteiger charge is -2.15. The highest BCUT2D eigenvalue weighted by atomic mass is 127. The van der Waals surface area contributed by atoms with E-state index in [0.29, 0.717) is 40.2 Å². The summed E-state index contributed by atoms with van der Waals surface area (Å²) in [5.74, 6) is 0.464. The van der Waals surface area contributed by atoms with E-state index < -0.39 is 5.91 Å². The number of carbonyl (C=O) groups is 2. The molecule has 0 unspecified atom stereocenters. The Labute approximate surface area is 225 Å². The minimum absolute atomic E-state index is 0.247. The number of hydrogen-bond donors (Lipinski definition) is 1. The predicted molar refractivity (Wildman–Crippen MR) is 148 cm³/mol. The van der Waals surface area contributed by atoms with E-state index in [2.05, 4.69) is 32.9 Å². The highest BCUT2D eigenvalue weighted by Gasteiger charge is 2.25. The summed E-state index contributed by atoms with van der Waals surface area (Å²) in [6, 6.07) is 19.9. The normalized spacial score (nSPS) is 15.3. The van der Waals surface area contributed by atoms with Crippen LogP contribution in [0.1, 0.15) is 28.4 Å². The molecule has 0 aromatic heterocycles. The standard InChI is InChI=1S/C26H20ClIN2O4S/c1-2-33-21-13-17(12-20(28)23(21)34-15-16-7-6-10-19(27)11-16)14-22-25(32)30-26(35-22)29-24(31)18-8-4-3-5-9-18/h3-14H,2,15H2,1H3,(H,29,30,31,32)/b22-14-. The third-order valence-corrected chi connectivity index (χ3v) is 6.72. The van der Waals surface area contributed by atoms with Gasteiger partial charge in [-0.05, 0) is 94.9 Å². The van der Waals surface area contributed by atoms with E-state index in [0.717, 1.165) is 26.5 Å². The lowest BCUT2D eigenvalue weighted by molar-refractivity contribution is -0.115. The first kappa shape index (κ1) is 25.3. The summed E-state index contributed by atoms with van der Waals surface area (Å²) in [7, 11) is 0. The Morgan fingerprint density at radius 3 is 2.66 bits per heavy atom. The van der Waals surface area contributed by atoms with Gasteiger partial charge in [0.2, 0.25) is 0 Å². The Morgan fingerprint density at radius 2 is 1.91 bits per heavy atom. The Balaban J connectivity index is 1.54. The van der Waals surface area contributed by atoms with Gasteiger partial charge in [0, 0.05) is 10.6 Å². The maximum absolute atomic E-state index is 12.5. The van der Waals surface area contributed by atoms with E-state index in [1.54, 1.807) is 30.3 Å². The van der Waals surface area contributed by atoms with Gasteiger partial charge in [0.25, 0.3) is 11.8 Å². The van der Waals surface area contributed by atoms with Crippen molar-refractivity contribution in [1.29, 1.82) is 0 Å². The van der Waals surface area contributed by atoms with Crippen molar-refractivity contribution in [3.05, 3.63) is 96.9 Å². The van der Waals surface area contributed by atoms with Crippen LogP contribution in [-0.4, -0.2) is 23.6 Å². The molecule has 0 spiro atoms. The van der Waals surface area contributed by atoms with Crippen LogP contribution < -0.4 is 14.8 Å². The molecule has 1 heterocycles. The smallest absolute Gasteiger partial charge is 0.279 e. The van der Waals surface area contributed by atoms with Gasteiger partial charge < -0.3 is 14.8 Å². The monoisotopic (exact) mass is 618 g/mol. The molecule has 35 heavy (non-hydrogen) atoms. The van der Waals surface area contributed by atoms with Crippen LogP contribution >= 0.6 is 46.0 Å². The molecule has 1 N–H and O–H groups in total. The molecule has 1 aliphatic heterocycles. The average molecular weight is 619 g/mol. The number of amidine groups is 1. The molecule has 3 aromatic carbocycles. The lowest BCUT2D eigenvalue weighted by atomic mass is 10.2. The van der Waals surface area contributed by atoms with Crippen molar-refractivity contribution in [2.24, 2.45) is 4.99 Å². The zero-order valence-corrected chi connectivity index (χ0v) is 22.3. The molecule has 1 aliphatic rings. The van der Waals surface area contributed by atoms with Crippen molar-refractivity contribution in [2.75, 3.05) is 6.61 Å². The molecule has 0 atom stereocenters. The fraction of sp³-hybridized carbons (Fsp3) is 0.115. The van der Waals surface area contributed by atoms with Crippen LogP contribution in [0.5, 0.6) is 11.5 Å². The molecular formula is C26H20ClIN2O4S. The molecule has 1 fully saturated rings. The average Bonchev–Trinajstić information content (AvgIpc) is 3.17. The number of hydrogen-bond acceptors (Lipinski definition) is 5. The van der Waals surface area contributed by atoms with Crippen molar-refractivity contribution in [1.82, 2.24) is 5.32 Å². The second-order valence-corrected chi connectivity index (χ2v) is 9.96. The van der Waals surface area contributed by atoms with E-state index in [1.165, 1.54) is 0 Å². The van der Waals surface area contributed by atoms with Crippen LogP contribution in [0.2, 0.25) is 5.02 Å². The number of nitrogens with zero attached hydrogens (tertiary/aromatic N) is 1. The minimum Gasteiger partial charge on any atom is -0.490 e. The van der Waals surface area contributed by atoms with Crippen LogP contribution in [0.15, 0.2) is 76.6 Å². The topological polar surface area (TPSA) is 77.0 Å². The molecule has 178 valence electrons. The fourth-order valence-corrected chi connectivity index (χ4v) is 5.04. The Bertz CT molecular complexity index is 1330. The zero-order chi connectivity index (χ0) is 24.8. The number of amides is 2. The van der Waals surface area contributed by atoms with E-state index in [1.807, 2.05) is 49.4 Å². The van der Waals surface area contributed by atoms with Crippen molar-refractivity contribution in [3.63, 3.8) is 0 Å². The molecule has 3 aromatic rings. The van der Waals surface area contributed by atoms with Gasteiger partial charge in [-0.25, -0.2) is 0 Å². The van der Waals surface area contributed by atoms with E-state index in [-0.39, 0.29) is 11.1 Å². The summed E-state index contributed by atoms with van der Waals surface area (Å²) in [6.45, 7) is 2.69. The molecule has 0 saturated carbocycles. The molecule has 2 amide bonds. The van der Waals surface area contributed by atoms with Crippen LogP contribution in [-0.2, 0) is 11.4 Å². The number of carbonyl (C=O) groups excluding carboxylic acids is 2. The molecule has 1 saturated heterocycles. The highest BCUT2D eigenvalue weighted by molar-refractivity contribution is 14.1. The summed E-state index contributed by atoms with van der Waals surface area (Å²) in [5, 5.41) is 3.54. The number of halogens is 2. The van der Waals surface area contributed by atoms with E-state index >= 15 is 0 Å². The third kappa shape index (κ3) is 6.65. The Morgan fingerprint density at radius 1 is 1.11 bits per heavy atom. The van der Waals surface area contributed by atoms with Crippen molar-refractivity contribution in [3.8, 4) is 11.5 Å². The Kier molecular flexibility index (Phi) is 8.48. The number of nitrogens with one attached hydrogen (secondary N) is 1. The van der Waals surface area contributed by atoms with E-state index in [4.69, 9.17) is 21.1 Å². The first-order chi connectivity index (χ1) is 16.9. The summed E-state index contributed by atoms with van der Waals surface area (Å²) < 4.78 is 12.7. The molecule has 0 aliphatic carbocycles. The molecule has 0 bridgehead atoms. The molecule has 0 radical (unpaired) electrons. The largest absolute Gasteiger partial charge is 0.490 e. The van der Waals surface area contributed by atoms with Gasteiger partial charge in [-0.2, -0.15) is 4.99 Å². The zero-order valence-electron chi connectivity index (χ0n) is 18.6. The lowest BCUT2D eigenvalue weighted by Crippen LogP contribution is -2.20. The fourth-order valence-electron chi connectivity index (χ4n) is 3.23. The van der Waals surface area contributed by atoms with Crippen LogP contribution in [0.4, 0.5) is 0 Å². The van der Waals surface area contributed by atoms with Gasteiger partial charge in [0.1, 0.15) is 6.61 Å². The van der Waals surface area contributed by atoms with Crippen molar-refractivity contribution >= 4 is 69.0 Å². The molecule has 4 rings (SSSR count). The second kappa shape index (κ2) is 11.7. The molecule has 9 heteroatoms. The highest BCUT2D eigenvalue weighted by Crippen LogP contribution is 2.37. The maximum atomic E-state index is 12.5. The first-order valence-corrected chi connectivity index (χ1v) is 12.9. The van der Waals surface area contributed by atoms with Crippen LogP contribution in [0, 0.1) is 3.57 Å². The number of rotatable bonds is 7. The summed E-state index contributed by atoms with van der Waals surface area (Å²) >= 11 is 9.37. The van der Waals surface area contributed by atoms with Gasteiger partial charge in [-0.3, -0.25) is 9.59 Å². The molecule has 6 nitrogen and oxygen atoms in total. The van der Waals surface area contributed by atoms with Crippen molar-refractivity contribution in [2.45, 2.75) is 13.5 Å². The summed E-state index contributed by atoms with van der Waals surface area (Å²) in [6.07, 6.45) is 1.74. The van der Waals surface area contributed by atoms with Gasteiger partial charge in [-0.15, -0.1) is 0 Å². The minimum atomic E-state index is -0.413. The second-order valence-electron chi connectivity index (χ2n) is 7.33. The van der Waals surface area contributed by atoms with Crippen molar-refractivity contribution < 1.29 is 19.1 Å². The van der Waals surface area contributed by atoms with Crippen LogP contribution in [0.3, 0.4) is 0 Å². The SMILES string of the molecule is CCOc1cc(/C=C2\SC(=NC(=O)c3ccccc3)NC2=O)cc(I)c1OCc1cccc(Cl)c1. The third-order valence-electron chi connectivity index (χ3n) is 4.78. The first-order valence-electron chi connectivity index (χ1n) is 10.7. The number of thioether (sulfide) groups is 1. The van der Waals surface area contributed by atoms with Gasteiger partial charge in [0.15, 0.2) is 16.7 Å². The number of benzene rings is 3. The van der Waals surface area contributed by atoms with Gasteiger partial charge in [-0.1, -0.05) is 41.9 Å². The maximum Gasteiger partial charge on any atom is 0.279 e. The summed E-state index contributed by atoms with van der Waals surface area (Å²) in [5.41, 5.74) is 2.16. The van der Waals surface area contributed by atoms with Gasteiger partial charge in [0.05, 0.1) is 15.1 Å². The summed E-state index contributed by atoms with van der Waals surface area (Å²) in [4.78, 5) is 29.3. The van der Waals surface area contributed by atoms with E-state index in [9.17, 15) is 9.59 Å². The van der Waals surface area contributed by atoms with Crippen LogP contribution in [0.25, 0.3) is 6.08 Å². The quantitative estimate of drug-likeness (QED) is 0.248. The Hall–Kier alpha value is -2.82. The van der Waals surface area contributed by atoms with Gasteiger partial charge >= 0.3 is 0 Å². The number of ether oxygens (including phenoxy) is 2. The number of aliphatic imine (C=N–C) groups is 1. The predicted octanol–water partition coefficient (Wildman–Crippen LogP) is 6.32.